The Labute approximate surface area is 96.1 Å². The van der Waals surface area contributed by atoms with Crippen molar-refractivity contribution in [2.24, 2.45) is 5.16 Å². The average Bonchev–Trinajstić information content (AvgIpc) is 2.29. The van der Waals surface area contributed by atoms with Gasteiger partial charge in [-0.2, -0.15) is 0 Å². The SMILES string of the molecule is CC(=O)CCC/C=N/OCc1ccccc1. The third kappa shape index (κ3) is 5.96. The van der Waals surface area contributed by atoms with Gasteiger partial charge in [0.1, 0.15) is 12.4 Å². The van der Waals surface area contributed by atoms with E-state index >= 15 is 0 Å². The van der Waals surface area contributed by atoms with Crippen molar-refractivity contribution in [1.29, 1.82) is 0 Å². The Balaban J connectivity index is 2.07. The number of Topliss-reactive ketones (excluding diaryl/α,β-unsaturated/α-hetero) is 1. The molecule has 0 saturated carbocycles. The molecule has 0 bridgehead atoms. The van der Waals surface area contributed by atoms with Gasteiger partial charge in [-0.25, -0.2) is 0 Å². The number of carbonyl (C=O) groups excluding carboxylic acids is 1. The fourth-order valence-electron chi connectivity index (χ4n) is 1.23. The lowest BCUT2D eigenvalue weighted by Gasteiger charge is -1.98. The average molecular weight is 219 g/mol. The molecule has 1 aromatic rings. The number of hydrogen-bond acceptors (Lipinski definition) is 3. The Morgan fingerprint density at radius 2 is 2.12 bits per heavy atom. The number of rotatable bonds is 7. The largest absolute Gasteiger partial charge is 0.391 e. The summed E-state index contributed by atoms with van der Waals surface area (Å²) in [6.07, 6.45) is 3.96. The molecule has 1 aromatic carbocycles. The highest BCUT2D eigenvalue weighted by atomic mass is 16.6. The maximum Gasteiger partial charge on any atom is 0.142 e. The highest BCUT2D eigenvalue weighted by Gasteiger charge is 1.91. The first-order valence-corrected chi connectivity index (χ1v) is 5.46. The normalized spacial score (nSPS) is 10.6. The lowest BCUT2D eigenvalue weighted by Crippen LogP contribution is -1.90. The van der Waals surface area contributed by atoms with Crippen LogP contribution >= 0.6 is 0 Å². The molecule has 86 valence electrons. The Morgan fingerprint density at radius 3 is 2.81 bits per heavy atom. The summed E-state index contributed by atoms with van der Waals surface area (Å²) in [5, 5.41) is 3.83. The summed E-state index contributed by atoms with van der Waals surface area (Å²) in [6, 6.07) is 9.88. The predicted octanol–water partition coefficient (Wildman–Crippen LogP) is 2.95. The molecule has 0 N–H and O–H groups in total. The summed E-state index contributed by atoms with van der Waals surface area (Å²) >= 11 is 0. The molecule has 16 heavy (non-hydrogen) atoms. The molecule has 0 spiro atoms. The van der Waals surface area contributed by atoms with Gasteiger partial charge in [0, 0.05) is 12.6 Å². The van der Waals surface area contributed by atoms with Crippen LogP contribution in [0.2, 0.25) is 0 Å². The molecule has 3 nitrogen and oxygen atoms in total. The first-order valence-electron chi connectivity index (χ1n) is 5.46. The molecule has 0 aromatic heterocycles. The molecule has 0 amide bonds. The Hall–Kier alpha value is -1.64. The number of benzene rings is 1. The van der Waals surface area contributed by atoms with Gasteiger partial charge in [-0.1, -0.05) is 35.5 Å². The summed E-state index contributed by atoms with van der Waals surface area (Å²) in [4.78, 5) is 15.8. The number of ketones is 1. The molecule has 0 aliphatic heterocycles. The highest BCUT2D eigenvalue weighted by Crippen LogP contribution is 2.00. The van der Waals surface area contributed by atoms with E-state index in [-0.39, 0.29) is 5.78 Å². The molecule has 0 fully saturated rings. The second-order valence-corrected chi connectivity index (χ2v) is 3.64. The van der Waals surface area contributed by atoms with Crippen LogP contribution in [0, 0.1) is 0 Å². The Bertz CT molecular complexity index is 333. The first-order chi connectivity index (χ1) is 7.79. The van der Waals surface area contributed by atoms with Gasteiger partial charge in [0.25, 0.3) is 0 Å². The van der Waals surface area contributed by atoms with Gasteiger partial charge in [0.15, 0.2) is 0 Å². The van der Waals surface area contributed by atoms with Crippen LogP contribution in [-0.4, -0.2) is 12.0 Å². The lowest BCUT2D eigenvalue weighted by molar-refractivity contribution is -0.117. The fourth-order valence-corrected chi connectivity index (χ4v) is 1.23. The number of hydrogen-bond donors (Lipinski definition) is 0. The van der Waals surface area contributed by atoms with Crippen LogP contribution in [0.15, 0.2) is 35.5 Å². The standard InChI is InChI=1S/C13H17NO2/c1-12(15)7-5-6-10-14-16-11-13-8-3-2-4-9-13/h2-4,8-10H,5-7,11H2,1H3/b14-10+. The molecule has 0 heterocycles. The summed E-state index contributed by atoms with van der Waals surface area (Å²) < 4.78 is 0. The van der Waals surface area contributed by atoms with Crippen molar-refractivity contribution >= 4 is 12.0 Å². The second-order valence-electron chi connectivity index (χ2n) is 3.64. The zero-order chi connectivity index (χ0) is 11.6. The van der Waals surface area contributed by atoms with Crippen LogP contribution in [-0.2, 0) is 16.2 Å². The monoisotopic (exact) mass is 219 g/mol. The topological polar surface area (TPSA) is 38.7 Å². The molecular formula is C13H17NO2. The van der Waals surface area contributed by atoms with E-state index in [0.717, 1.165) is 18.4 Å². The summed E-state index contributed by atoms with van der Waals surface area (Å²) in [5.41, 5.74) is 1.10. The zero-order valence-corrected chi connectivity index (χ0v) is 9.56. The number of unbranched alkanes of at least 4 members (excludes halogenated alkanes) is 1. The van der Waals surface area contributed by atoms with Gasteiger partial charge >= 0.3 is 0 Å². The summed E-state index contributed by atoms with van der Waals surface area (Å²) in [6.45, 7) is 2.09. The van der Waals surface area contributed by atoms with Crippen LogP contribution in [0.25, 0.3) is 0 Å². The maximum absolute atomic E-state index is 10.6. The van der Waals surface area contributed by atoms with Gasteiger partial charge in [-0.05, 0) is 25.3 Å². The maximum atomic E-state index is 10.6. The minimum atomic E-state index is 0.221. The van der Waals surface area contributed by atoms with Gasteiger partial charge in [-0.15, -0.1) is 0 Å². The van der Waals surface area contributed by atoms with E-state index in [1.54, 1.807) is 13.1 Å². The molecule has 1 rings (SSSR count). The van der Waals surface area contributed by atoms with E-state index in [1.807, 2.05) is 30.3 Å². The van der Waals surface area contributed by atoms with Gasteiger partial charge in [-0.3, -0.25) is 0 Å². The molecule has 0 atom stereocenters. The van der Waals surface area contributed by atoms with Gasteiger partial charge < -0.3 is 9.63 Å². The quantitative estimate of drug-likeness (QED) is 0.402. The van der Waals surface area contributed by atoms with Crippen LogP contribution in [0.3, 0.4) is 0 Å². The molecule has 0 saturated heterocycles. The number of nitrogens with zero attached hydrogens (tertiary/aromatic N) is 1. The van der Waals surface area contributed by atoms with Crippen molar-refractivity contribution in [3.05, 3.63) is 35.9 Å². The first kappa shape index (κ1) is 12.4. The number of carbonyl (C=O) groups is 1. The molecule has 3 heteroatoms. The summed E-state index contributed by atoms with van der Waals surface area (Å²) in [7, 11) is 0. The minimum absolute atomic E-state index is 0.221. The molecule has 0 aliphatic rings. The summed E-state index contributed by atoms with van der Waals surface area (Å²) in [5.74, 6) is 0.221. The van der Waals surface area contributed by atoms with E-state index in [9.17, 15) is 4.79 Å². The molecule has 0 radical (unpaired) electrons. The Morgan fingerprint density at radius 1 is 1.38 bits per heavy atom. The third-order valence-corrected chi connectivity index (χ3v) is 2.09. The second kappa shape index (κ2) is 7.63. The molecular weight excluding hydrogens is 202 g/mol. The lowest BCUT2D eigenvalue weighted by atomic mass is 10.2. The van der Waals surface area contributed by atoms with Gasteiger partial charge in [0.2, 0.25) is 0 Å². The zero-order valence-electron chi connectivity index (χ0n) is 9.56. The number of oxime groups is 1. The van der Waals surface area contributed by atoms with E-state index in [4.69, 9.17) is 4.84 Å². The van der Waals surface area contributed by atoms with E-state index in [1.165, 1.54) is 0 Å². The van der Waals surface area contributed by atoms with Crippen LogP contribution in [0.4, 0.5) is 0 Å². The van der Waals surface area contributed by atoms with Crippen LogP contribution in [0.1, 0.15) is 31.7 Å². The smallest absolute Gasteiger partial charge is 0.142 e. The van der Waals surface area contributed by atoms with Crippen LogP contribution in [0.5, 0.6) is 0 Å². The van der Waals surface area contributed by atoms with Crippen molar-refractivity contribution < 1.29 is 9.63 Å². The molecule has 0 unspecified atom stereocenters. The Kier molecular flexibility index (Phi) is 5.92. The van der Waals surface area contributed by atoms with Crippen molar-refractivity contribution in [2.75, 3.05) is 0 Å². The van der Waals surface area contributed by atoms with E-state index in [2.05, 4.69) is 5.16 Å². The van der Waals surface area contributed by atoms with Crippen LogP contribution < -0.4 is 0 Å². The minimum Gasteiger partial charge on any atom is -0.391 e. The predicted molar refractivity (Wildman–Crippen MR) is 64.3 cm³/mol. The van der Waals surface area contributed by atoms with Crippen molar-refractivity contribution in [3.8, 4) is 0 Å². The van der Waals surface area contributed by atoms with E-state index in [0.29, 0.717) is 13.0 Å². The third-order valence-electron chi connectivity index (χ3n) is 2.09. The van der Waals surface area contributed by atoms with Crippen molar-refractivity contribution in [3.63, 3.8) is 0 Å². The van der Waals surface area contributed by atoms with Crippen molar-refractivity contribution in [1.82, 2.24) is 0 Å². The van der Waals surface area contributed by atoms with Gasteiger partial charge in [0.05, 0.1) is 0 Å². The van der Waals surface area contributed by atoms with Crippen molar-refractivity contribution in [2.45, 2.75) is 32.8 Å². The fraction of sp³-hybridized carbons (Fsp3) is 0.385. The highest BCUT2D eigenvalue weighted by molar-refractivity contribution is 5.75. The van der Waals surface area contributed by atoms with E-state index < -0.39 is 0 Å². The molecule has 0 aliphatic carbocycles.